The van der Waals surface area contributed by atoms with Crippen LogP contribution in [0.1, 0.15) is 49.4 Å². The first-order chi connectivity index (χ1) is 11.9. The first kappa shape index (κ1) is 19.5. The van der Waals surface area contributed by atoms with Crippen LogP contribution in [0.5, 0.6) is 0 Å². The van der Waals surface area contributed by atoms with Crippen LogP contribution in [-0.4, -0.2) is 30.1 Å². The van der Waals surface area contributed by atoms with Gasteiger partial charge in [-0.3, -0.25) is 10.1 Å². The fourth-order valence-corrected chi connectivity index (χ4v) is 3.00. The highest BCUT2D eigenvalue weighted by Crippen LogP contribution is 2.26. The third kappa shape index (κ3) is 5.61. The molecule has 2 N–H and O–H groups in total. The minimum atomic E-state index is -1.15. The predicted molar refractivity (Wildman–Crippen MR) is 94.9 cm³/mol. The van der Waals surface area contributed by atoms with Gasteiger partial charge >= 0.3 is 12.0 Å². The molecule has 0 aliphatic heterocycles. The molecule has 1 aromatic rings. The number of imide groups is 1. The van der Waals surface area contributed by atoms with Crippen LogP contribution in [0.2, 0.25) is 10.0 Å². The molecule has 0 saturated heterocycles. The molecular formula is C17H20Cl2N2O4. The molecule has 25 heavy (non-hydrogen) atoms. The summed E-state index contributed by atoms with van der Waals surface area (Å²) >= 11 is 11.8. The van der Waals surface area contributed by atoms with Crippen LogP contribution in [0.25, 0.3) is 0 Å². The van der Waals surface area contributed by atoms with Crippen molar-refractivity contribution in [3.8, 4) is 0 Å². The zero-order valence-corrected chi connectivity index (χ0v) is 15.3. The van der Waals surface area contributed by atoms with Crippen LogP contribution in [0, 0.1) is 0 Å². The largest absolute Gasteiger partial charge is 0.449 e. The van der Waals surface area contributed by atoms with E-state index in [0.29, 0.717) is 0 Å². The zero-order valence-electron chi connectivity index (χ0n) is 13.8. The number of rotatable bonds is 4. The van der Waals surface area contributed by atoms with Crippen LogP contribution in [0.15, 0.2) is 18.2 Å². The normalized spacial score (nSPS) is 16.0. The van der Waals surface area contributed by atoms with E-state index in [1.807, 2.05) is 0 Å². The number of esters is 1. The minimum Gasteiger partial charge on any atom is -0.449 e. The molecular weight excluding hydrogens is 367 g/mol. The number of hydrogen-bond acceptors (Lipinski definition) is 4. The lowest BCUT2D eigenvalue weighted by molar-refractivity contribution is -0.127. The third-order valence-electron chi connectivity index (χ3n) is 4.00. The number of ether oxygens (including phenoxy) is 1. The molecule has 136 valence electrons. The molecule has 0 unspecified atom stereocenters. The van der Waals surface area contributed by atoms with Gasteiger partial charge in [0.15, 0.2) is 6.10 Å². The fourth-order valence-electron chi connectivity index (χ4n) is 2.62. The SMILES string of the molecule is C[C@H](OC(=O)c1cccc(Cl)c1Cl)C(=O)NC(=O)NC1CCCCC1. The second-order valence-corrected chi connectivity index (χ2v) is 6.73. The van der Waals surface area contributed by atoms with Crippen LogP contribution in [0.3, 0.4) is 0 Å². The van der Waals surface area contributed by atoms with Crippen LogP contribution < -0.4 is 10.6 Å². The van der Waals surface area contributed by atoms with E-state index in [0.717, 1.165) is 32.1 Å². The Morgan fingerprint density at radius 1 is 1.16 bits per heavy atom. The van der Waals surface area contributed by atoms with Gasteiger partial charge in [-0.25, -0.2) is 9.59 Å². The monoisotopic (exact) mass is 386 g/mol. The Hall–Kier alpha value is -1.79. The van der Waals surface area contributed by atoms with E-state index in [2.05, 4.69) is 10.6 Å². The smallest absolute Gasteiger partial charge is 0.340 e. The molecule has 1 fully saturated rings. The lowest BCUT2D eigenvalue weighted by atomic mass is 9.96. The molecule has 1 saturated carbocycles. The Bertz CT molecular complexity index is 660. The van der Waals surface area contributed by atoms with Gasteiger partial charge in [-0.1, -0.05) is 48.5 Å². The zero-order chi connectivity index (χ0) is 18.4. The predicted octanol–water partition coefficient (Wildman–Crippen LogP) is 3.70. The maximum atomic E-state index is 12.1. The van der Waals surface area contributed by atoms with E-state index in [9.17, 15) is 14.4 Å². The highest BCUT2D eigenvalue weighted by molar-refractivity contribution is 6.43. The molecule has 0 radical (unpaired) electrons. The highest BCUT2D eigenvalue weighted by Gasteiger charge is 2.24. The summed E-state index contributed by atoms with van der Waals surface area (Å²) in [6, 6.07) is 4.02. The average molecular weight is 387 g/mol. The molecule has 6 nitrogen and oxygen atoms in total. The molecule has 2 rings (SSSR count). The number of urea groups is 1. The second kappa shape index (κ2) is 9.06. The summed E-state index contributed by atoms with van der Waals surface area (Å²) in [4.78, 5) is 36.0. The van der Waals surface area contributed by atoms with Crippen molar-refractivity contribution in [3.63, 3.8) is 0 Å². The van der Waals surface area contributed by atoms with E-state index >= 15 is 0 Å². The number of hydrogen-bond donors (Lipinski definition) is 2. The van der Waals surface area contributed by atoms with Gasteiger partial charge in [-0.2, -0.15) is 0 Å². The summed E-state index contributed by atoms with van der Waals surface area (Å²) < 4.78 is 5.05. The molecule has 0 spiro atoms. The number of amides is 3. The molecule has 0 bridgehead atoms. The average Bonchev–Trinajstić information content (AvgIpc) is 2.57. The molecule has 0 aromatic heterocycles. The molecule has 0 heterocycles. The number of benzene rings is 1. The summed E-state index contributed by atoms with van der Waals surface area (Å²) in [6.07, 6.45) is 3.94. The van der Waals surface area contributed by atoms with E-state index < -0.39 is 24.0 Å². The van der Waals surface area contributed by atoms with Crippen molar-refractivity contribution in [2.45, 2.75) is 51.2 Å². The van der Waals surface area contributed by atoms with Gasteiger partial charge in [-0.15, -0.1) is 0 Å². The van der Waals surface area contributed by atoms with Crippen molar-refractivity contribution in [2.24, 2.45) is 0 Å². The maximum Gasteiger partial charge on any atom is 0.340 e. The van der Waals surface area contributed by atoms with Gasteiger partial charge < -0.3 is 10.1 Å². The molecule has 1 aromatic carbocycles. The lowest BCUT2D eigenvalue weighted by Gasteiger charge is -2.23. The van der Waals surface area contributed by atoms with E-state index in [-0.39, 0.29) is 21.7 Å². The van der Waals surface area contributed by atoms with Crippen LogP contribution in [0.4, 0.5) is 4.79 Å². The molecule has 1 atom stereocenters. The Morgan fingerprint density at radius 3 is 2.52 bits per heavy atom. The number of nitrogens with one attached hydrogen (secondary N) is 2. The molecule has 1 aliphatic carbocycles. The van der Waals surface area contributed by atoms with E-state index in [4.69, 9.17) is 27.9 Å². The molecule has 1 aliphatic rings. The Kier molecular flexibility index (Phi) is 7.08. The Labute approximate surface area is 156 Å². The summed E-state index contributed by atoms with van der Waals surface area (Å²) in [5.74, 6) is -1.50. The summed E-state index contributed by atoms with van der Waals surface area (Å²) in [6.45, 7) is 1.37. The van der Waals surface area contributed by atoms with Gasteiger partial charge in [0.25, 0.3) is 5.91 Å². The second-order valence-electron chi connectivity index (χ2n) is 5.95. The number of carbonyl (C=O) groups excluding carboxylic acids is 3. The quantitative estimate of drug-likeness (QED) is 0.772. The fraction of sp³-hybridized carbons (Fsp3) is 0.471. The lowest BCUT2D eigenvalue weighted by Crippen LogP contribution is -2.48. The third-order valence-corrected chi connectivity index (χ3v) is 4.82. The van der Waals surface area contributed by atoms with Crippen LogP contribution in [-0.2, 0) is 9.53 Å². The van der Waals surface area contributed by atoms with Gasteiger partial charge in [-0.05, 0) is 31.9 Å². The molecule has 8 heteroatoms. The van der Waals surface area contributed by atoms with Crippen molar-refractivity contribution in [3.05, 3.63) is 33.8 Å². The van der Waals surface area contributed by atoms with Crippen molar-refractivity contribution < 1.29 is 19.1 Å². The van der Waals surface area contributed by atoms with E-state index in [1.54, 1.807) is 6.07 Å². The molecule has 3 amide bonds. The highest BCUT2D eigenvalue weighted by atomic mass is 35.5. The van der Waals surface area contributed by atoms with Crippen molar-refractivity contribution in [1.82, 2.24) is 10.6 Å². The van der Waals surface area contributed by atoms with Gasteiger partial charge in [0.2, 0.25) is 0 Å². The van der Waals surface area contributed by atoms with E-state index in [1.165, 1.54) is 19.1 Å². The van der Waals surface area contributed by atoms with Gasteiger partial charge in [0.1, 0.15) is 0 Å². The number of halogens is 2. The van der Waals surface area contributed by atoms with Crippen molar-refractivity contribution in [2.75, 3.05) is 0 Å². The Morgan fingerprint density at radius 2 is 1.84 bits per heavy atom. The topological polar surface area (TPSA) is 84.5 Å². The standard InChI is InChI=1S/C17H20Cl2N2O4/c1-10(25-16(23)12-8-5-9-13(18)14(12)19)15(22)21-17(24)20-11-6-3-2-4-7-11/h5,8-11H,2-4,6-7H2,1H3,(H2,20,21,22,24)/t10-/m0/s1. The van der Waals surface area contributed by atoms with Crippen molar-refractivity contribution in [1.29, 1.82) is 0 Å². The number of carbonyl (C=O) groups is 3. The first-order valence-electron chi connectivity index (χ1n) is 8.15. The van der Waals surface area contributed by atoms with Gasteiger partial charge in [0.05, 0.1) is 15.6 Å². The Balaban J connectivity index is 1.85. The summed E-state index contributed by atoms with van der Waals surface area (Å²) in [5, 5.41) is 5.20. The van der Waals surface area contributed by atoms with Crippen molar-refractivity contribution >= 4 is 41.1 Å². The van der Waals surface area contributed by atoms with Gasteiger partial charge in [0, 0.05) is 6.04 Å². The first-order valence-corrected chi connectivity index (χ1v) is 8.90. The maximum absolute atomic E-state index is 12.1. The minimum absolute atomic E-state index is 0.0526. The summed E-state index contributed by atoms with van der Waals surface area (Å²) in [5.41, 5.74) is 0.0560. The summed E-state index contributed by atoms with van der Waals surface area (Å²) in [7, 11) is 0. The van der Waals surface area contributed by atoms with Crippen LogP contribution >= 0.6 is 23.2 Å².